The Kier molecular flexibility index (Phi) is 6.39. The minimum atomic E-state index is -1.33. The lowest BCUT2D eigenvalue weighted by molar-refractivity contribution is -0.168. The highest BCUT2D eigenvalue weighted by molar-refractivity contribution is 5.79. The maximum atomic E-state index is 11.8. The lowest BCUT2D eigenvalue weighted by atomic mass is 9.91. The number of carboxylic acids is 1. The van der Waals surface area contributed by atoms with Gasteiger partial charge >= 0.3 is 5.97 Å². The van der Waals surface area contributed by atoms with Gasteiger partial charge < -0.3 is 23.9 Å². The predicted molar refractivity (Wildman–Crippen MR) is 110 cm³/mol. The molecule has 0 saturated carbocycles. The number of hydrogen-bond donors (Lipinski definition) is 1. The van der Waals surface area contributed by atoms with Crippen LogP contribution in [0.15, 0.2) is 52.9 Å². The largest absolute Gasteiger partial charge is 0.492 e. The Hall–Kier alpha value is -3.06. The van der Waals surface area contributed by atoms with Crippen molar-refractivity contribution in [1.29, 1.82) is 0 Å². The lowest BCUT2D eigenvalue weighted by Gasteiger charge is -2.28. The molecule has 154 valence electrons. The van der Waals surface area contributed by atoms with Crippen LogP contribution >= 0.6 is 0 Å². The number of ether oxygens (including phenoxy) is 2. The third-order valence-electron chi connectivity index (χ3n) is 4.86. The van der Waals surface area contributed by atoms with Gasteiger partial charge in [-0.1, -0.05) is 31.2 Å². The smallest absolute Gasteiger partial charge is 0.340 e. The van der Waals surface area contributed by atoms with Gasteiger partial charge in [-0.2, -0.15) is 4.98 Å². The molecular formula is C22H26N2O5. The van der Waals surface area contributed by atoms with Crippen molar-refractivity contribution in [2.24, 2.45) is 0 Å². The molecule has 0 aliphatic heterocycles. The van der Waals surface area contributed by atoms with Gasteiger partial charge in [-0.3, -0.25) is 0 Å². The number of nitrogens with zero attached hydrogens (tertiary/aromatic N) is 2. The first-order chi connectivity index (χ1) is 14.0. The first-order valence-electron chi connectivity index (χ1n) is 9.67. The number of aromatic nitrogens is 1. The second-order valence-corrected chi connectivity index (χ2v) is 6.68. The van der Waals surface area contributed by atoms with Crippen molar-refractivity contribution in [3.63, 3.8) is 0 Å². The summed E-state index contributed by atoms with van der Waals surface area (Å²) in [5.74, 6) is -0.331. The number of likely N-dealkylation sites (N-methyl/N-ethyl adjacent to an activating group) is 1. The Morgan fingerprint density at radius 2 is 1.90 bits per heavy atom. The zero-order chi connectivity index (χ0) is 20.9. The summed E-state index contributed by atoms with van der Waals surface area (Å²) < 4.78 is 17.1. The van der Waals surface area contributed by atoms with Crippen LogP contribution in [-0.2, 0) is 15.1 Å². The molecule has 2 aromatic carbocycles. The van der Waals surface area contributed by atoms with Gasteiger partial charge in [0.05, 0.1) is 6.54 Å². The van der Waals surface area contributed by atoms with Crippen LogP contribution in [0.3, 0.4) is 0 Å². The molecule has 1 aromatic heterocycles. The van der Waals surface area contributed by atoms with Crippen molar-refractivity contribution in [3.8, 4) is 5.75 Å². The summed E-state index contributed by atoms with van der Waals surface area (Å²) in [7, 11) is 1.89. The van der Waals surface area contributed by atoms with Crippen molar-refractivity contribution >= 4 is 23.1 Å². The van der Waals surface area contributed by atoms with Crippen LogP contribution in [0.2, 0.25) is 0 Å². The van der Waals surface area contributed by atoms with Gasteiger partial charge in [0.2, 0.25) is 0 Å². The number of anilines is 1. The van der Waals surface area contributed by atoms with E-state index in [0.29, 0.717) is 43.5 Å². The highest BCUT2D eigenvalue weighted by Crippen LogP contribution is 2.31. The second kappa shape index (κ2) is 8.96. The highest BCUT2D eigenvalue weighted by atomic mass is 16.5. The molecule has 1 unspecified atom stereocenters. The highest BCUT2D eigenvalue weighted by Gasteiger charge is 2.39. The fourth-order valence-corrected chi connectivity index (χ4v) is 3.21. The molecule has 0 bridgehead atoms. The predicted octanol–water partition coefficient (Wildman–Crippen LogP) is 4.07. The molecule has 0 aliphatic carbocycles. The molecule has 1 heterocycles. The molecule has 0 fully saturated rings. The number of oxazole rings is 1. The normalized spacial score (nSPS) is 13.2. The molecule has 1 atom stereocenters. The molecule has 7 nitrogen and oxygen atoms in total. The Bertz CT molecular complexity index is 920. The van der Waals surface area contributed by atoms with Crippen LogP contribution in [-0.4, -0.2) is 42.9 Å². The Morgan fingerprint density at radius 3 is 2.52 bits per heavy atom. The molecule has 1 N–H and O–H groups in total. The Morgan fingerprint density at radius 1 is 1.17 bits per heavy atom. The number of hydrogen-bond acceptors (Lipinski definition) is 6. The average molecular weight is 398 g/mol. The molecular weight excluding hydrogens is 372 g/mol. The zero-order valence-electron chi connectivity index (χ0n) is 16.9. The molecule has 0 spiro atoms. The number of para-hydroxylation sites is 2. The van der Waals surface area contributed by atoms with Crippen molar-refractivity contribution < 1.29 is 23.8 Å². The third kappa shape index (κ3) is 4.35. The summed E-state index contributed by atoms with van der Waals surface area (Å²) in [6, 6.07) is 15.2. The van der Waals surface area contributed by atoms with Gasteiger partial charge in [-0.15, -0.1) is 0 Å². The number of rotatable bonds is 10. The van der Waals surface area contributed by atoms with E-state index in [9.17, 15) is 9.90 Å². The van der Waals surface area contributed by atoms with Crippen LogP contribution in [0.5, 0.6) is 5.75 Å². The maximum absolute atomic E-state index is 11.8. The summed E-state index contributed by atoms with van der Waals surface area (Å²) >= 11 is 0. The SMILES string of the molecule is CCOC(CC)(C(=O)O)c1ccc(OCCN(C)c2nc3ccccc3o2)cc1. The standard InChI is InChI=1S/C22H26N2O5/c1-4-22(20(25)26,28-5-2)16-10-12-17(13-11-16)27-15-14-24(3)21-23-18-8-6-7-9-19(18)29-21/h6-13H,4-5,14-15H2,1-3H3,(H,25,26). The third-order valence-corrected chi connectivity index (χ3v) is 4.86. The molecule has 0 radical (unpaired) electrons. The molecule has 0 saturated heterocycles. The fraction of sp³-hybridized carbons (Fsp3) is 0.364. The Labute approximate surface area is 169 Å². The van der Waals surface area contributed by atoms with Crippen molar-refractivity contribution in [2.45, 2.75) is 25.9 Å². The maximum Gasteiger partial charge on any atom is 0.340 e. The molecule has 29 heavy (non-hydrogen) atoms. The van der Waals surface area contributed by atoms with E-state index >= 15 is 0 Å². The van der Waals surface area contributed by atoms with E-state index in [-0.39, 0.29) is 0 Å². The molecule has 0 aliphatic rings. The van der Waals surface area contributed by atoms with Gasteiger partial charge in [-0.05, 0) is 43.2 Å². The van der Waals surface area contributed by atoms with Crippen molar-refractivity contribution in [2.75, 3.05) is 31.7 Å². The van der Waals surface area contributed by atoms with Gasteiger partial charge in [0, 0.05) is 13.7 Å². The van der Waals surface area contributed by atoms with Crippen molar-refractivity contribution in [1.82, 2.24) is 4.98 Å². The summed E-state index contributed by atoms with van der Waals surface area (Å²) in [5, 5.41) is 9.66. The first-order valence-corrected chi connectivity index (χ1v) is 9.67. The summed E-state index contributed by atoms with van der Waals surface area (Å²) in [6.45, 7) is 4.92. The summed E-state index contributed by atoms with van der Waals surface area (Å²) in [4.78, 5) is 18.1. The topological polar surface area (TPSA) is 85.0 Å². The van der Waals surface area contributed by atoms with Gasteiger partial charge in [-0.25, -0.2) is 4.79 Å². The van der Waals surface area contributed by atoms with Crippen LogP contribution in [0.1, 0.15) is 25.8 Å². The van der Waals surface area contributed by atoms with Gasteiger partial charge in [0.25, 0.3) is 6.01 Å². The summed E-state index contributed by atoms with van der Waals surface area (Å²) in [6.07, 6.45) is 0.339. The zero-order valence-corrected chi connectivity index (χ0v) is 16.9. The van der Waals surface area contributed by atoms with Gasteiger partial charge in [0.15, 0.2) is 11.2 Å². The van der Waals surface area contributed by atoms with E-state index in [1.54, 1.807) is 38.1 Å². The van der Waals surface area contributed by atoms with Gasteiger partial charge in [0.1, 0.15) is 17.9 Å². The van der Waals surface area contributed by atoms with E-state index in [4.69, 9.17) is 13.9 Å². The second-order valence-electron chi connectivity index (χ2n) is 6.68. The molecule has 0 amide bonds. The number of carboxylic acid groups (broad SMARTS) is 1. The van der Waals surface area contributed by atoms with E-state index in [0.717, 1.165) is 11.1 Å². The molecule has 7 heteroatoms. The van der Waals surface area contributed by atoms with Crippen LogP contribution in [0, 0.1) is 0 Å². The lowest BCUT2D eigenvalue weighted by Crippen LogP contribution is -2.38. The van der Waals surface area contributed by atoms with Crippen LogP contribution < -0.4 is 9.64 Å². The van der Waals surface area contributed by atoms with E-state index < -0.39 is 11.6 Å². The number of fused-ring (bicyclic) bond motifs is 1. The summed E-state index contributed by atoms with van der Waals surface area (Å²) in [5.41, 5.74) is 0.835. The quantitative estimate of drug-likeness (QED) is 0.551. The van der Waals surface area contributed by atoms with Crippen LogP contribution in [0.4, 0.5) is 6.01 Å². The minimum Gasteiger partial charge on any atom is -0.492 e. The Balaban J connectivity index is 1.60. The first kappa shape index (κ1) is 20.7. The van der Waals surface area contributed by atoms with E-state index in [1.165, 1.54) is 0 Å². The molecule has 3 aromatic rings. The van der Waals surface area contributed by atoms with E-state index in [1.807, 2.05) is 36.2 Å². The number of carbonyl (C=O) groups is 1. The average Bonchev–Trinajstić information content (AvgIpc) is 3.17. The fourth-order valence-electron chi connectivity index (χ4n) is 3.21. The van der Waals surface area contributed by atoms with Crippen LogP contribution in [0.25, 0.3) is 11.1 Å². The monoisotopic (exact) mass is 398 g/mol. The number of benzene rings is 2. The number of aliphatic carboxylic acids is 1. The molecule has 3 rings (SSSR count). The minimum absolute atomic E-state index is 0.320. The van der Waals surface area contributed by atoms with E-state index in [2.05, 4.69) is 4.98 Å². The van der Waals surface area contributed by atoms with Crippen molar-refractivity contribution in [3.05, 3.63) is 54.1 Å².